The largest absolute Gasteiger partial charge is 0.327 e. The second kappa shape index (κ2) is 3.87. The van der Waals surface area contributed by atoms with Crippen LogP contribution < -0.4 is 10.7 Å². The van der Waals surface area contributed by atoms with Crippen LogP contribution in [0.5, 0.6) is 0 Å². The number of H-pyrrole nitrogens is 1. The van der Waals surface area contributed by atoms with Crippen molar-refractivity contribution in [2.24, 2.45) is 5.14 Å². The van der Waals surface area contributed by atoms with Gasteiger partial charge in [0, 0.05) is 6.20 Å². The summed E-state index contributed by atoms with van der Waals surface area (Å²) in [5.74, 6) is 0. The first kappa shape index (κ1) is 12.1. The van der Waals surface area contributed by atoms with Gasteiger partial charge in [-0.2, -0.15) is 0 Å². The van der Waals surface area contributed by atoms with E-state index in [2.05, 4.69) is 5.14 Å². The normalized spacial score (nSPS) is 12.1. The van der Waals surface area contributed by atoms with Gasteiger partial charge in [-0.3, -0.25) is 4.79 Å². The summed E-state index contributed by atoms with van der Waals surface area (Å²) in [5.41, 5.74) is -2.48. The summed E-state index contributed by atoms with van der Waals surface area (Å²) in [6.07, 6.45) is -2.49. The van der Waals surface area contributed by atoms with Gasteiger partial charge < -0.3 is 4.98 Å². The predicted molar refractivity (Wildman–Crippen MR) is 48.4 cm³/mol. The smallest absolute Gasteiger partial charge is 0.270 e. The minimum absolute atomic E-state index is 0.549. The first-order chi connectivity index (χ1) is 6.75. The highest BCUT2D eigenvalue weighted by Gasteiger charge is 2.27. The van der Waals surface area contributed by atoms with Crippen molar-refractivity contribution in [3.63, 3.8) is 0 Å². The van der Waals surface area contributed by atoms with Crippen LogP contribution in [0.4, 0.5) is 8.78 Å². The van der Waals surface area contributed by atoms with Crippen molar-refractivity contribution in [2.45, 2.75) is 11.3 Å². The fourth-order valence-electron chi connectivity index (χ4n) is 0.991. The highest BCUT2D eigenvalue weighted by Crippen LogP contribution is 2.27. The van der Waals surface area contributed by atoms with E-state index in [1.807, 2.05) is 4.98 Å². The molecule has 84 valence electrons. The van der Waals surface area contributed by atoms with E-state index in [4.69, 9.17) is 11.6 Å². The minimum Gasteiger partial charge on any atom is -0.327 e. The topological polar surface area (TPSA) is 93.0 Å². The Labute approximate surface area is 87.9 Å². The van der Waals surface area contributed by atoms with Crippen molar-refractivity contribution >= 4 is 21.6 Å². The number of nitrogens with two attached hydrogens (primary N) is 1. The molecule has 0 fully saturated rings. The van der Waals surface area contributed by atoms with Crippen LogP contribution in [0, 0.1) is 0 Å². The molecule has 0 unspecified atom stereocenters. The van der Waals surface area contributed by atoms with E-state index in [0.29, 0.717) is 0 Å². The Hall–Kier alpha value is -0.990. The maximum Gasteiger partial charge on any atom is 0.270 e. The third-order valence-electron chi connectivity index (χ3n) is 1.54. The number of primary sulfonamides is 1. The molecule has 15 heavy (non-hydrogen) atoms. The van der Waals surface area contributed by atoms with Crippen LogP contribution in [-0.2, 0) is 10.0 Å². The highest BCUT2D eigenvalue weighted by atomic mass is 35.5. The summed E-state index contributed by atoms with van der Waals surface area (Å²) >= 11 is 5.37. The summed E-state index contributed by atoms with van der Waals surface area (Å²) in [6.45, 7) is 0. The van der Waals surface area contributed by atoms with E-state index >= 15 is 0 Å². The molecule has 0 aromatic carbocycles. The average Bonchev–Trinajstić information content (AvgIpc) is 2.05. The zero-order valence-electron chi connectivity index (χ0n) is 7.00. The zero-order valence-corrected chi connectivity index (χ0v) is 8.57. The molecule has 3 N–H and O–H groups in total. The summed E-state index contributed by atoms with van der Waals surface area (Å²) in [5, 5.41) is 4.12. The van der Waals surface area contributed by atoms with Gasteiger partial charge in [-0.1, -0.05) is 11.6 Å². The number of aromatic amines is 1. The SMILES string of the molecule is NS(=O)(=O)c1c(Cl)c[nH]c(=O)c1C(F)F. The Kier molecular flexibility index (Phi) is 3.12. The molecule has 9 heteroatoms. The standard InChI is InChI=1S/C6H5ClF2N2O3S/c7-2-1-11-6(12)3(5(8)9)4(2)15(10,13)14/h1,5H,(H,11,12)(H2,10,13,14). The number of hydrogen-bond acceptors (Lipinski definition) is 3. The Balaban J connectivity index is 3.77. The lowest BCUT2D eigenvalue weighted by atomic mass is 10.3. The highest BCUT2D eigenvalue weighted by molar-refractivity contribution is 7.89. The zero-order chi connectivity index (χ0) is 11.8. The monoisotopic (exact) mass is 258 g/mol. The van der Waals surface area contributed by atoms with E-state index in [9.17, 15) is 22.0 Å². The Morgan fingerprint density at radius 3 is 2.33 bits per heavy atom. The number of pyridine rings is 1. The van der Waals surface area contributed by atoms with E-state index < -0.39 is 37.5 Å². The number of rotatable bonds is 2. The Morgan fingerprint density at radius 2 is 2.00 bits per heavy atom. The molecule has 0 radical (unpaired) electrons. The van der Waals surface area contributed by atoms with Gasteiger partial charge in [0.25, 0.3) is 12.0 Å². The van der Waals surface area contributed by atoms with Crippen molar-refractivity contribution in [1.82, 2.24) is 4.98 Å². The van der Waals surface area contributed by atoms with Crippen molar-refractivity contribution < 1.29 is 17.2 Å². The van der Waals surface area contributed by atoms with Gasteiger partial charge in [0.2, 0.25) is 10.0 Å². The van der Waals surface area contributed by atoms with Crippen molar-refractivity contribution in [2.75, 3.05) is 0 Å². The molecule has 0 amide bonds. The van der Waals surface area contributed by atoms with Gasteiger partial charge in [-0.15, -0.1) is 0 Å². The van der Waals surface area contributed by atoms with E-state index in [0.717, 1.165) is 6.20 Å². The first-order valence-corrected chi connectivity index (χ1v) is 5.39. The van der Waals surface area contributed by atoms with Crippen LogP contribution in [0.2, 0.25) is 5.02 Å². The molecular formula is C6H5ClF2N2O3S. The second-order valence-electron chi connectivity index (χ2n) is 2.55. The average molecular weight is 259 g/mol. The molecule has 0 saturated heterocycles. The maximum absolute atomic E-state index is 12.4. The molecule has 0 aliphatic carbocycles. The number of nitrogens with one attached hydrogen (secondary N) is 1. The molecule has 0 spiro atoms. The molecule has 0 bridgehead atoms. The maximum atomic E-state index is 12.4. The number of sulfonamides is 1. The summed E-state index contributed by atoms with van der Waals surface area (Å²) in [6, 6.07) is 0. The molecule has 1 aromatic rings. The molecule has 0 saturated carbocycles. The van der Waals surface area contributed by atoms with Crippen LogP contribution >= 0.6 is 11.6 Å². The summed E-state index contributed by atoms with van der Waals surface area (Å²) in [4.78, 5) is 11.8. The second-order valence-corrected chi connectivity index (χ2v) is 4.46. The van der Waals surface area contributed by atoms with Crippen molar-refractivity contribution in [1.29, 1.82) is 0 Å². The molecule has 0 aliphatic rings. The van der Waals surface area contributed by atoms with Gasteiger partial charge in [-0.25, -0.2) is 22.3 Å². The van der Waals surface area contributed by atoms with Gasteiger partial charge >= 0.3 is 0 Å². The Bertz CT molecular complexity index is 540. The van der Waals surface area contributed by atoms with Crippen LogP contribution in [-0.4, -0.2) is 13.4 Å². The Morgan fingerprint density at radius 1 is 1.47 bits per heavy atom. The van der Waals surface area contributed by atoms with E-state index in [1.54, 1.807) is 0 Å². The number of halogens is 3. The van der Waals surface area contributed by atoms with Gasteiger partial charge in [-0.05, 0) is 0 Å². The molecule has 5 nitrogen and oxygen atoms in total. The van der Waals surface area contributed by atoms with Crippen LogP contribution in [0.15, 0.2) is 15.9 Å². The lowest BCUT2D eigenvalue weighted by Gasteiger charge is -2.06. The van der Waals surface area contributed by atoms with Gasteiger partial charge in [0.05, 0.1) is 5.02 Å². The number of hydrogen-bond donors (Lipinski definition) is 2. The molecule has 1 rings (SSSR count). The molecule has 0 aliphatic heterocycles. The van der Waals surface area contributed by atoms with Crippen LogP contribution in [0.25, 0.3) is 0 Å². The number of aromatic nitrogens is 1. The molecule has 0 atom stereocenters. The lowest BCUT2D eigenvalue weighted by molar-refractivity contribution is 0.146. The van der Waals surface area contributed by atoms with Crippen molar-refractivity contribution in [3.05, 3.63) is 27.1 Å². The van der Waals surface area contributed by atoms with Crippen LogP contribution in [0.1, 0.15) is 12.0 Å². The fourth-order valence-corrected chi connectivity index (χ4v) is 2.29. The summed E-state index contributed by atoms with van der Waals surface area (Å²) < 4.78 is 46.7. The van der Waals surface area contributed by atoms with E-state index in [1.165, 1.54) is 0 Å². The third-order valence-corrected chi connectivity index (χ3v) is 2.96. The first-order valence-electron chi connectivity index (χ1n) is 3.47. The minimum atomic E-state index is -4.46. The molecular weight excluding hydrogens is 254 g/mol. The fraction of sp³-hybridized carbons (Fsp3) is 0.167. The van der Waals surface area contributed by atoms with Gasteiger partial charge in [0.15, 0.2) is 0 Å². The lowest BCUT2D eigenvalue weighted by Crippen LogP contribution is -2.23. The van der Waals surface area contributed by atoms with Crippen LogP contribution in [0.3, 0.4) is 0 Å². The number of alkyl halides is 2. The quantitative estimate of drug-likeness (QED) is 0.814. The molecule has 1 aromatic heterocycles. The third kappa shape index (κ3) is 2.33. The van der Waals surface area contributed by atoms with Crippen molar-refractivity contribution in [3.8, 4) is 0 Å². The summed E-state index contributed by atoms with van der Waals surface area (Å²) in [7, 11) is -4.46. The predicted octanol–water partition coefficient (Wildman–Crippen LogP) is 0.613. The van der Waals surface area contributed by atoms with E-state index in [-0.39, 0.29) is 0 Å². The van der Waals surface area contributed by atoms with Gasteiger partial charge in [0.1, 0.15) is 10.5 Å². The molecule has 1 heterocycles.